The molecule has 1 aromatic rings. The van der Waals surface area contributed by atoms with Gasteiger partial charge in [0.15, 0.2) is 5.75 Å². The van der Waals surface area contributed by atoms with E-state index in [1.807, 2.05) is 0 Å². The molecule has 0 atom stereocenters. The fraction of sp³-hybridized carbons (Fsp3) is 0.500. The van der Waals surface area contributed by atoms with Crippen molar-refractivity contribution in [2.75, 3.05) is 0 Å². The second kappa shape index (κ2) is 6.68. The highest BCUT2D eigenvalue weighted by atomic mass is 35.5. The first-order chi connectivity index (χ1) is 8.56. The zero-order chi connectivity index (χ0) is 13.1. The lowest BCUT2D eigenvalue weighted by Crippen LogP contribution is -2.31. The van der Waals surface area contributed by atoms with E-state index in [9.17, 15) is 14.5 Å². The van der Waals surface area contributed by atoms with Gasteiger partial charge >= 0.3 is 5.69 Å². The average Bonchev–Trinajstić information content (AvgIpc) is 2.32. The molecular formula is C12H16ClFN2O3. The number of benzene rings is 1. The number of hydrogen-bond acceptors (Lipinski definition) is 4. The highest BCUT2D eigenvalue weighted by Crippen LogP contribution is 2.31. The van der Waals surface area contributed by atoms with Crippen molar-refractivity contribution in [2.45, 2.75) is 37.8 Å². The molecule has 0 unspecified atom stereocenters. The van der Waals surface area contributed by atoms with E-state index in [0.717, 1.165) is 43.9 Å². The summed E-state index contributed by atoms with van der Waals surface area (Å²) in [5.41, 5.74) is 5.57. The molecule has 0 spiro atoms. The van der Waals surface area contributed by atoms with Gasteiger partial charge in [-0.2, -0.15) is 0 Å². The standard InChI is InChI=1S/C12H15FN2O3.ClH/c13-8-1-6-11(15(16)17)12(7-8)18-10-4-2-9(14)3-5-10;/h1,6-7,9-10H,2-5,14H2;1H/t9-,10-;. The van der Waals surface area contributed by atoms with Gasteiger partial charge in [-0.05, 0) is 31.7 Å². The summed E-state index contributed by atoms with van der Waals surface area (Å²) in [4.78, 5) is 10.2. The minimum Gasteiger partial charge on any atom is -0.483 e. The molecule has 0 saturated heterocycles. The van der Waals surface area contributed by atoms with Crippen LogP contribution in [0.1, 0.15) is 25.7 Å². The molecule has 0 bridgehead atoms. The van der Waals surface area contributed by atoms with Crippen molar-refractivity contribution < 1.29 is 14.1 Å². The smallest absolute Gasteiger partial charge is 0.311 e. The summed E-state index contributed by atoms with van der Waals surface area (Å²) in [5.74, 6) is -0.538. The molecule has 1 saturated carbocycles. The maximum Gasteiger partial charge on any atom is 0.311 e. The lowest BCUT2D eigenvalue weighted by molar-refractivity contribution is -0.386. The van der Waals surface area contributed by atoms with Crippen LogP contribution < -0.4 is 10.5 Å². The highest BCUT2D eigenvalue weighted by molar-refractivity contribution is 5.85. The van der Waals surface area contributed by atoms with Gasteiger partial charge in [0.2, 0.25) is 0 Å². The van der Waals surface area contributed by atoms with Gasteiger partial charge in [0.05, 0.1) is 11.0 Å². The normalized spacial score (nSPS) is 22.4. The maximum absolute atomic E-state index is 13.1. The van der Waals surface area contributed by atoms with E-state index in [2.05, 4.69) is 0 Å². The van der Waals surface area contributed by atoms with Crippen molar-refractivity contribution in [1.29, 1.82) is 0 Å². The Morgan fingerprint density at radius 1 is 1.32 bits per heavy atom. The molecule has 0 aliphatic heterocycles. The van der Waals surface area contributed by atoms with Crippen LogP contribution in [-0.2, 0) is 0 Å². The van der Waals surface area contributed by atoms with E-state index >= 15 is 0 Å². The minimum absolute atomic E-state index is 0. The quantitative estimate of drug-likeness (QED) is 0.686. The van der Waals surface area contributed by atoms with Crippen LogP contribution in [0, 0.1) is 15.9 Å². The van der Waals surface area contributed by atoms with Crippen molar-refractivity contribution in [3.05, 3.63) is 34.1 Å². The summed E-state index contributed by atoms with van der Waals surface area (Å²) in [5, 5.41) is 10.8. The van der Waals surface area contributed by atoms with Crippen molar-refractivity contribution in [1.82, 2.24) is 0 Å². The number of nitro groups is 1. The summed E-state index contributed by atoms with van der Waals surface area (Å²) in [6.07, 6.45) is 3.02. The van der Waals surface area contributed by atoms with Crippen LogP contribution >= 0.6 is 12.4 Å². The number of rotatable bonds is 3. The molecule has 5 nitrogen and oxygen atoms in total. The molecular weight excluding hydrogens is 275 g/mol. The predicted molar refractivity (Wildman–Crippen MR) is 71.2 cm³/mol. The zero-order valence-corrected chi connectivity index (χ0v) is 11.1. The van der Waals surface area contributed by atoms with Crippen LogP contribution in [0.3, 0.4) is 0 Å². The van der Waals surface area contributed by atoms with Gasteiger partial charge in [0.1, 0.15) is 5.82 Å². The summed E-state index contributed by atoms with van der Waals surface area (Å²) < 4.78 is 18.6. The highest BCUT2D eigenvalue weighted by Gasteiger charge is 2.23. The molecule has 0 aromatic heterocycles. The average molecular weight is 291 g/mol. The summed E-state index contributed by atoms with van der Waals surface area (Å²) >= 11 is 0. The second-order valence-electron chi connectivity index (χ2n) is 4.52. The molecule has 19 heavy (non-hydrogen) atoms. The van der Waals surface area contributed by atoms with Crippen molar-refractivity contribution in [2.24, 2.45) is 5.73 Å². The van der Waals surface area contributed by atoms with Gasteiger partial charge in [0, 0.05) is 18.2 Å². The minimum atomic E-state index is -0.566. The fourth-order valence-corrected chi connectivity index (χ4v) is 2.12. The Hall–Kier alpha value is -1.40. The first-order valence-corrected chi connectivity index (χ1v) is 5.92. The van der Waals surface area contributed by atoms with Crippen LogP contribution in [0.15, 0.2) is 18.2 Å². The topological polar surface area (TPSA) is 78.4 Å². The van der Waals surface area contributed by atoms with Crippen LogP contribution in [0.4, 0.5) is 10.1 Å². The van der Waals surface area contributed by atoms with Crippen LogP contribution in [-0.4, -0.2) is 17.1 Å². The maximum atomic E-state index is 13.1. The summed E-state index contributed by atoms with van der Waals surface area (Å²) in [6.45, 7) is 0. The van der Waals surface area contributed by atoms with Crippen LogP contribution in [0.2, 0.25) is 0 Å². The van der Waals surface area contributed by atoms with E-state index < -0.39 is 10.7 Å². The number of ether oxygens (including phenoxy) is 1. The molecule has 7 heteroatoms. The van der Waals surface area contributed by atoms with Gasteiger partial charge < -0.3 is 10.5 Å². The van der Waals surface area contributed by atoms with Crippen LogP contribution in [0.5, 0.6) is 5.75 Å². The second-order valence-corrected chi connectivity index (χ2v) is 4.52. The third-order valence-electron chi connectivity index (χ3n) is 3.13. The third-order valence-corrected chi connectivity index (χ3v) is 3.13. The Morgan fingerprint density at radius 3 is 2.53 bits per heavy atom. The molecule has 2 rings (SSSR count). The number of halogens is 2. The van der Waals surface area contributed by atoms with Gasteiger partial charge in [-0.25, -0.2) is 4.39 Å². The monoisotopic (exact) mass is 290 g/mol. The van der Waals surface area contributed by atoms with E-state index in [1.54, 1.807) is 0 Å². The first-order valence-electron chi connectivity index (χ1n) is 5.92. The molecule has 0 heterocycles. The molecule has 1 fully saturated rings. The van der Waals surface area contributed by atoms with Gasteiger partial charge in [-0.15, -0.1) is 12.4 Å². The Labute approximate surface area is 116 Å². The third kappa shape index (κ3) is 4.04. The largest absolute Gasteiger partial charge is 0.483 e. The Morgan fingerprint density at radius 2 is 1.95 bits per heavy atom. The SMILES string of the molecule is Cl.N[C@H]1CC[C@H](Oc2cc(F)ccc2[N+](=O)[O-])CC1. The van der Waals surface area contributed by atoms with Crippen molar-refractivity contribution in [3.8, 4) is 5.75 Å². The predicted octanol–water partition coefficient (Wildman–Crippen LogP) is 2.80. The number of nitrogens with zero attached hydrogens (tertiary/aromatic N) is 1. The molecule has 1 aliphatic rings. The van der Waals surface area contributed by atoms with Crippen LogP contribution in [0.25, 0.3) is 0 Å². The molecule has 2 N–H and O–H groups in total. The fourth-order valence-electron chi connectivity index (χ4n) is 2.12. The van der Waals surface area contributed by atoms with E-state index in [-0.39, 0.29) is 36.0 Å². The van der Waals surface area contributed by atoms with Gasteiger partial charge in [-0.1, -0.05) is 0 Å². The number of nitro benzene ring substituents is 1. The first kappa shape index (κ1) is 15.7. The van der Waals surface area contributed by atoms with E-state index in [1.165, 1.54) is 0 Å². The van der Waals surface area contributed by atoms with Gasteiger partial charge in [-0.3, -0.25) is 10.1 Å². The van der Waals surface area contributed by atoms with Gasteiger partial charge in [0.25, 0.3) is 0 Å². The molecule has 0 radical (unpaired) electrons. The Balaban J connectivity index is 0.00000180. The van der Waals surface area contributed by atoms with Crippen molar-refractivity contribution in [3.63, 3.8) is 0 Å². The lowest BCUT2D eigenvalue weighted by Gasteiger charge is -2.26. The lowest BCUT2D eigenvalue weighted by atomic mass is 9.94. The van der Waals surface area contributed by atoms with E-state index in [4.69, 9.17) is 10.5 Å². The van der Waals surface area contributed by atoms with E-state index in [0.29, 0.717) is 0 Å². The number of hydrogen-bond donors (Lipinski definition) is 1. The van der Waals surface area contributed by atoms with Crippen molar-refractivity contribution >= 4 is 18.1 Å². The Bertz CT molecular complexity index is 451. The summed E-state index contributed by atoms with van der Waals surface area (Å²) in [7, 11) is 0. The molecule has 1 aromatic carbocycles. The molecule has 106 valence electrons. The number of nitrogens with two attached hydrogens (primary N) is 1. The summed E-state index contributed by atoms with van der Waals surface area (Å²) in [6, 6.07) is 3.42. The molecule has 1 aliphatic carbocycles. The molecule has 0 amide bonds. The Kier molecular flexibility index (Phi) is 5.50. The zero-order valence-electron chi connectivity index (χ0n) is 10.3.